The summed E-state index contributed by atoms with van der Waals surface area (Å²) >= 11 is 0. The zero-order valence-corrected chi connectivity index (χ0v) is 32.5. The average Bonchev–Trinajstić information content (AvgIpc) is 3.41. The molecule has 1 aromatic carbocycles. The molecule has 10 atom stereocenters. The Morgan fingerprint density at radius 1 is 0.902 bits per heavy atom. The quantitative estimate of drug-likeness (QED) is 0.226. The SMILES string of the molecule is CC(C)[C@@H]1CCC2(C#Cc3cc(F)ccc3C(=O)O)CC[C@]3(C)C(CCC4[C@@]5(C)CC[C@H](OC(=O)CC(C)(C)C(=O)O)C(C)(C)C5CC[C@]43C)C12. The summed E-state index contributed by atoms with van der Waals surface area (Å²) in [6, 6.07) is 3.81. The molecule has 5 fully saturated rings. The van der Waals surface area contributed by atoms with E-state index in [1.807, 2.05) is 0 Å². The van der Waals surface area contributed by atoms with Gasteiger partial charge in [-0.25, -0.2) is 9.18 Å². The summed E-state index contributed by atoms with van der Waals surface area (Å²) in [4.78, 5) is 36.8. The molecule has 5 aliphatic rings. The summed E-state index contributed by atoms with van der Waals surface area (Å²) in [6.07, 6.45) is 10.1. The van der Waals surface area contributed by atoms with Gasteiger partial charge in [-0.2, -0.15) is 0 Å². The number of hydrogen-bond donors (Lipinski definition) is 2. The molecular formula is C44H61FO6. The van der Waals surface area contributed by atoms with Gasteiger partial charge in [0.25, 0.3) is 0 Å². The number of esters is 1. The van der Waals surface area contributed by atoms with Gasteiger partial charge in [0, 0.05) is 16.4 Å². The Morgan fingerprint density at radius 3 is 2.25 bits per heavy atom. The number of halogens is 1. The Bertz CT molecular complexity index is 1650. The molecule has 0 radical (unpaired) electrons. The zero-order chi connectivity index (χ0) is 37.5. The molecule has 0 spiro atoms. The zero-order valence-electron chi connectivity index (χ0n) is 32.5. The van der Waals surface area contributed by atoms with Crippen LogP contribution >= 0.6 is 0 Å². The van der Waals surface area contributed by atoms with E-state index in [-0.39, 0.29) is 50.7 Å². The summed E-state index contributed by atoms with van der Waals surface area (Å²) in [5.74, 6) is 6.91. The van der Waals surface area contributed by atoms with Gasteiger partial charge in [0.2, 0.25) is 0 Å². The minimum absolute atomic E-state index is 0.0606. The van der Waals surface area contributed by atoms with Gasteiger partial charge in [0.05, 0.1) is 17.4 Å². The normalized spacial score (nSPS) is 39.7. The Kier molecular flexibility index (Phi) is 9.37. The third-order valence-electron chi connectivity index (χ3n) is 16.4. The standard InChI is InChI=1S/C44H61FO6/c1-26(2)29-15-21-44(20-14-27-24-28(45)10-11-30(27)37(47)48)23-22-42(8)31(36(29)44)12-13-33-41(7)18-17-34(51-35(46)25-39(3,4)38(49)50)40(5,6)32(41)16-19-43(33,42)9/h10-11,24,26,29,31-34,36H,12-13,15-19,21-23,25H2,1-9H3,(H,47,48)(H,49,50)/t29-,31?,32?,33?,34-,36?,41-,42+,43+,44?/m0/s1. The van der Waals surface area contributed by atoms with E-state index in [1.165, 1.54) is 18.2 Å². The average molecular weight is 705 g/mol. The van der Waals surface area contributed by atoms with Crippen molar-refractivity contribution < 1.29 is 33.7 Å². The van der Waals surface area contributed by atoms with Gasteiger partial charge >= 0.3 is 17.9 Å². The highest BCUT2D eigenvalue weighted by Crippen LogP contribution is 2.77. The van der Waals surface area contributed by atoms with E-state index >= 15 is 0 Å². The third kappa shape index (κ3) is 5.84. The number of ether oxygens (including phenoxy) is 1. The summed E-state index contributed by atoms with van der Waals surface area (Å²) in [5.41, 5.74) is -0.911. The fraction of sp³-hybridized carbons (Fsp3) is 0.750. The number of carbonyl (C=O) groups excluding carboxylic acids is 1. The van der Waals surface area contributed by atoms with Crippen molar-refractivity contribution in [2.75, 3.05) is 0 Å². The highest BCUT2D eigenvalue weighted by Gasteiger charge is 2.71. The minimum Gasteiger partial charge on any atom is -0.481 e. The van der Waals surface area contributed by atoms with Crippen LogP contribution in [0.25, 0.3) is 0 Å². The Hall–Kier alpha value is -2.88. The maximum atomic E-state index is 14.3. The molecule has 280 valence electrons. The van der Waals surface area contributed by atoms with Crippen molar-refractivity contribution in [3.63, 3.8) is 0 Å². The molecule has 0 saturated heterocycles. The molecule has 0 amide bonds. The Morgan fingerprint density at radius 2 is 1.61 bits per heavy atom. The molecule has 0 aromatic heterocycles. The number of hydrogen-bond acceptors (Lipinski definition) is 4. The molecule has 7 heteroatoms. The first-order chi connectivity index (χ1) is 23.6. The van der Waals surface area contributed by atoms with Crippen molar-refractivity contribution in [1.82, 2.24) is 0 Å². The fourth-order valence-corrected chi connectivity index (χ4v) is 13.4. The van der Waals surface area contributed by atoms with Gasteiger partial charge in [-0.05, 0) is 148 Å². The molecule has 6 rings (SSSR count). The van der Waals surface area contributed by atoms with E-state index in [0.29, 0.717) is 35.5 Å². The summed E-state index contributed by atoms with van der Waals surface area (Å²) in [7, 11) is 0. The monoisotopic (exact) mass is 704 g/mol. The van der Waals surface area contributed by atoms with Gasteiger partial charge in [-0.3, -0.25) is 9.59 Å². The van der Waals surface area contributed by atoms with Gasteiger partial charge in [-0.15, -0.1) is 0 Å². The van der Waals surface area contributed by atoms with Crippen LogP contribution < -0.4 is 0 Å². The second kappa shape index (κ2) is 12.6. The van der Waals surface area contributed by atoms with E-state index in [2.05, 4.69) is 60.3 Å². The van der Waals surface area contributed by atoms with Crippen LogP contribution in [0.1, 0.15) is 149 Å². The highest BCUT2D eigenvalue weighted by atomic mass is 19.1. The van der Waals surface area contributed by atoms with E-state index in [0.717, 1.165) is 64.2 Å². The Labute approximate surface area is 305 Å². The second-order valence-electron chi connectivity index (χ2n) is 19.7. The predicted octanol–water partition coefficient (Wildman–Crippen LogP) is 10.0. The number of fused-ring (bicyclic) bond motifs is 7. The number of aliphatic carboxylic acids is 1. The lowest BCUT2D eigenvalue weighted by Gasteiger charge is -2.72. The molecule has 5 saturated carbocycles. The molecule has 51 heavy (non-hydrogen) atoms. The number of carboxylic acid groups (broad SMARTS) is 2. The smallest absolute Gasteiger partial charge is 0.336 e. The molecule has 5 unspecified atom stereocenters. The molecule has 1 aromatic rings. The highest BCUT2D eigenvalue weighted by molar-refractivity contribution is 5.90. The molecule has 0 heterocycles. The van der Waals surface area contributed by atoms with E-state index in [9.17, 15) is 29.0 Å². The molecular weight excluding hydrogens is 643 g/mol. The van der Waals surface area contributed by atoms with Crippen LogP contribution in [0.4, 0.5) is 4.39 Å². The van der Waals surface area contributed by atoms with Crippen molar-refractivity contribution in [3.05, 3.63) is 35.1 Å². The van der Waals surface area contributed by atoms with E-state index < -0.39 is 29.1 Å². The van der Waals surface area contributed by atoms with E-state index in [4.69, 9.17) is 4.74 Å². The van der Waals surface area contributed by atoms with Crippen LogP contribution in [0.5, 0.6) is 0 Å². The topological polar surface area (TPSA) is 101 Å². The van der Waals surface area contributed by atoms with Gasteiger partial charge < -0.3 is 14.9 Å². The summed E-state index contributed by atoms with van der Waals surface area (Å²) in [5, 5.41) is 19.4. The first-order valence-electron chi connectivity index (χ1n) is 19.6. The van der Waals surface area contributed by atoms with Gasteiger partial charge in [-0.1, -0.05) is 60.3 Å². The number of rotatable bonds is 6. The van der Waals surface area contributed by atoms with Crippen LogP contribution in [0, 0.1) is 85.7 Å². The van der Waals surface area contributed by atoms with Crippen molar-refractivity contribution in [1.29, 1.82) is 0 Å². The summed E-state index contributed by atoms with van der Waals surface area (Å²) < 4.78 is 20.5. The number of carboxylic acids is 2. The lowest BCUT2D eigenvalue weighted by molar-refractivity contribution is -0.248. The van der Waals surface area contributed by atoms with Crippen LogP contribution in [0.2, 0.25) is 0 Å². The lowest BCUT2D eigenvalue weighted by atomic mass is 9.32. The molecule has 5 aliphatic carbocycles. The number of benzene rings is 1. The summed E-state index contributed by atoms with van der Waals surface area (Å²) in [6.45, 7) is 20.1. The number of aromatic carboxylic acids is 1. The number of carbonyl (C=O) groups is 3. The molecule has 0 bridgehead atoms. The van der Waals surface area contributed by atoms with Crippen molar-refractivity contribution in [3.8, 4) is 11.8 Å². The molecule has 0 aliphatic heterocycles. The minimum atomic E-state index is -1.16. The largest absolute Gasteiger partial charge is 0.481 e. The van der Waals surface area contributed by atoms with Gasteiger partial charge in [0.1, 0.15) is 11.9 Å². The first kappa shape index (κ1) is 37.9. The Balaban J connectivity index is 1.30. The van der Waals surface area contributed by atoms with Crippen LogP contribution in [-0.4, -0.2) is 34.2 Å². The predicted molar refractivity (Wildman–Crippen MR) is 195 cm³/mol. The third-order valence-corrected chi connectivity index (χ3v) is 16.4. The van der Waals surface area contributed by atoms with Crippen molar-refractivity contribution in [2.24, 2.45) is 68.0 Å². The van der Waals surface area contributed by atoms with E-state index in [1.54, 1.807) is 13.8 Å². The second-order valence-corrected chi connectivity index (χ2v) is 19.7. The maximum Gasteiger partial charge on any atom is 0.336 e. The lowest BCUT2D eigenvalue weighted by Crippen LogP contribution is -2.66. The fourth-order valence-electron chi connectivity index (χ4n) is 13.4. The molecule has 2 N–H and O–H groups in total. The van der Waals surface area contributed by atoms with Crippen LogP contribution in [-0.2, 0) is 14.3 Å². The maximum absolute atomic E-state index is 14.3. The van der Waals surface area contributed by atoms with Crippen molar-refractivity contribution in [2.45, 2.75) is 139 Å². The first-order valence-corrected chi connectivity index (χ1v) is 19.6. The van der Waals surface area contributed by atoms with Crippen LogP contribution in [0.15, 0.2) is 18.2 Å². The van der Waals surface area contributed by atoms with Gasteiger partial charge in [0.15, 0.2) is 0 Å². The van der Waals surface area contributed by atoms with Crippen molar-refractivity contribution >= 4 is 17.9 Å². The van der Waals surface area contributed by atoms with Crippen LogP contribution in [0.3, 0.4) is 0 Å². The molecule has 6 nitrogen and oxygen atoms in total.